The number of rotatable bonds is 0. The van der Waals surface area contributed by atoms with Gasteiger partial charge in [-0.15, -0.1) is 0 Å². The standard InChI is InChI=1S/Cu.NO3.2H2O/c;2-1(3)4;;/h;;2*1H2/q+2;-1;;. The van der Waals surface area contributed by atoms with Crippen LogP contribution in [-0.4, -0.2) is 16.0 Å². The van der Waals surface area contributed by atoms with Gasteiger partial charge in [-0.05, 0) is 0 Å². The van der Waals surface area contributed by atoms with E-state index in [4.69, 9.17) is 15.3 Å². The van der Waals surface area contributed by atoms with Gasteiger partial charge in [0.05, 0.1) is 5.09 Å². The zero-order chi connectivity index (χ0) is 3.58. The number of hydrogen-bond acceptors (Lipinski definition) is 3. The van der Waals surface area contributed by atoms with E-state index in [0.29, 0.717) is 0 Å². The molecular weight excluding hydrogens is 158 g/mol. The Balaban J connectivity index is -0.0000000150. The summed E-state index contributed by atoms with van der Waals surface area (Å²) in [6.07, 6.45) is 0. The third kappa shape index (κ3) is 575. The van der Waals surface area contributed by atoms with E-state index in [9.17, 15) is 0 Å². The van der Waals surface area contributed by atoms with Crippen LogP contribution in [-0.2, 0) is 17.1 Å². The van der Waals surface area contributed by atoms with Crippen LogP contribution < -0.4 is 0 Å². The predicted octanol–water partition coefficient (Wildman–Crippen LogP) is -1.89. The van der Waals surface area contributed by atoms with Crippen LogP contribution in [0.1, 0.15) is 0 Å². The maximum atomic E-state index is 8.25. The fourth-order valence-corrected chi connectivity index (χ4v) is 0. The molecule has 1 radical (unpaired) electrons. The second kappa shape index (κ2) is 17.4. The van der Waals surface area contributed by atoms with Crippen molar-refractivity contribution in [3.63, 3.8) is 0 Å². The molecule has 6 nitrogen and oxygen atoms in total. The molecule has 0 fully saturated rings. The smallest absolute Gasteiger partial charge is 0.412 e. The van der Waals surface area contributed by atoms with E-state index in [1.54, 1.807) is 0 Å². The molecule has 0 aliphatic carbocycles. The number of nitrogens with zero attached hydrogens (tertiary/aromatic N) is 1. The largest absolute Gasteiger partial charge is 2.00 e. The number of hydrogen-bond donors (Lipinski definition) is 0. The molecule has 7 heteroatoms. The van der Waals surface area contributed by atoms with Gasteiger partial charge in [0.1, 0.15) is 0 Å². The molecule has 0 rings (SSSR count). The minimum atomic E-state index is -1.75. The van der Waals surface area contributed by atoms with Gasteiger partial charge in [0, 0.05) is 0 Å². The zero-order valence-electron chi connectivity index (χ0n) is 2.97. The Morgan fingerprint density at radius 2 is 1.14 bits per heavy atom. The predicted molar refractivity (Wildman–Crippen MR) is 17.6 cm³/mol. The van der Waals surface area contributed by atoms with Gasteiger partial charge >= 0.3 is 17.1 Å². The third-order valence-corrected chi connectivity index (χ3v) is 0. The Labute approximate surface area is 49.3 Å². The van der Waals surface area contributed by atoms with Crippen molar-refractivity contribution in [1.29, 1.82) is 0 Å². The molecule has 7 heavy (non-hydrogen) atoms. The first-order valence-electron chi connectivity index (χ1n) is 0.548. The van der Waals surface area contributed by atoms with Gasteiger partial charge in [-0.2, -0.15) is 0 Å². The van der Waals surface area contributed by atoms with Crippen molar-refractivity contribution in [1.82, 2.24) is 0 Å². The molecule has 0 spiro atoms. The summed E-state index contributed by atoms with van der Waals surface area (Å²) in [5, 5.41) is 14.8. The minimum absolute atomic E-state index is 0. The summed E-state index contributed by atoms with van der Waals surface area (Å²) in [6, 6.07) is 0. The van der Waals surface area contributed by atoms with Crippen LogP contribution in [0.3, 0.4) is 0 Å². The van der Waals surface area contributed by atoms with Gasteiger partial charge in [-0.25, -0.2) is 0 Å². The van der Waals surface area contributed by atoms with Crippen molar-refractivity contribution in [2.75, 3.05) is 0 Å². The molecule has 0 heterocycles. The Bertz CT molecular complexity index is 31.1. The van der Waals surface area contributed by atoms with E-state index in [1.807, 2.05) is 0 Å². The SMILES string of the molecule is O.O.O=[N+]([O-])[O-].[Cu+2]. The van der Waals surface area contributed by atoms with Gasteiger partial charge in [0.15, 0.2) is 0 Å². The van der Waals surface area contributed by atoms with Gasteiger partial charge in [-0.1, -0.05) is 0 Å². The van der Waals surface area contributed by atoms with E-state index in [1.165, 1.54) is 0 Å². The Morgan fingerprint density at radius 3 is 1.14 bits per heavy atom. The maximum absolute atomic E-state index is 8.25. The summed E-state index contributed by atoms with van der Waals surface area (Å²) in [5.74, 6) is 0. The normalized spacial score (nSPS) is 3.43. The molecule has 0 amide bonds. The molecule has 0 saturated carbocycles. The van der Waals surface area contributed by atoms with Crippen LogP contribution in [0.2, 0.25) is 0 Å². The summed E-state index contributed by atoms with van der Waals surface area (Å²) in [5.41, 5.74) is 0. The first kappa shape index (κ1) is 30.3. The van der Waals surface area contributed by atoms with E-state index >= 15 is 0 Å². The van der Waals surface area contributed by atoms with E-state index in [-0.39, 0.29) is 28.0 Å². The fourth-order valence-electron chi connectivity index (χ4n) is 0. The fraction of sp³-hybridized carbons (Fsp3) is 0. The van der Waals surface area contributed by atoms with Gasteiger partial charge in [0.25, 0.3) is 0 Å². The first-order chi connectivity index (χ1) is 1.73. The molecule has 0 saturated heterocycles. The van der Waals surface area contributed by atoms with E-state index < -0.39 is 5.09 Å². The topological polar surface area (TPSA) is 129 Å². The molecule has 0 unspecified atom stereocenters. The molecule has 0 aromatic rings. The third-order valence-electron chi connectivity index (χ3n) is 0. The van der Waals surface area contributed by atoms with E-state index in [0.717, 1.165) is 0 Å². The average Bonchev–Trinajstić information content (AvgIpc) is 0.811. The molecule has 0 aliphatic rings. The summed E-state index contributed by atoms with van der Waals surface area (Å²) in [4.78, 5) is 8.25. The van der Waals surface area contributed by atoms with Crippen molar-refractivity contribution in [3.8, 4) is 0 Å². The van der Waals surface area contributed by atoms with Gasteiger partial charge in [0.2, 0.25) is 0 Å². The van der Waals surface area contributed by atoms with E-state index in [2.05, 4.69) is 0 Å². The van der Waals surface area contributed by atoms with Crippen LogP contribution in [0, 0.1) is 15.3 Å². The van der Waals surface area contributed by atoms with Crippen LogP contribution in [0.4, 0.5) is 0 Å². The molecule has 49 valence electrons. The monoisotopic (exact) mass is 161 g/mol. The summed E-state index contributed by atoms with van der Waals surface area (Å²) in [7, 11) is 0. The second-order valence-corrected chi connectivity index (χ2v) is 0.224. The van der Waals surface area contributed by atoms with Gasteiger partial charge < -0.3 is 26.3 Å². The average molecular weight is 162 g/mol. The van der Waals surface area contributed by atoms with Crippen LogP contribution in [0.25, 0.3) is 0 Å². The summed E-state index contributed by atoms with van der Waals surface area (Å²) >= 11 is 0. The molecule has 0 atom stereocenters. The molecule has 0 aromatic heterocycles. The summed E-state index contributed by atoms with van der Waals surface area (Å²) in [6.45, 7) is 0. The van der Waals surface area contributed by atoms with Crippen LogP contribution in [0.15, 0.2) is 0 Å². The van der Waals surface area contributed by atoms with Crippen molar-refractivity contribution in [3.05, 3.63) is 15.3 Å². The maximum Gasteiger partial charge on any atom is 2.00 e. The van der Waals surface area contributed by atoms with Crippen molar-refractivity contribution < 1.29 is 33.1 Å². The zero-order valence-corrected chi connectivity index (χ0v) is 3.92. The Hall–Kier alpha value is -0.361. The molecule has 0 bridgehead atoms. The van der Waals surface area contributed by atoms with Crippen molar-refractivity contribution in [2.24, 2.45) is 0 Å². The van der Waals surface area contributed by atoms with Crippen molar-refractivity contribution in [2.45, 2.75) is 0 Å². The molecule has 0 aromatic carbocycles. The Kier molecular flexibility index (Phi) is 75.4. The minimum Gasteiger partial charge on any atom is -0.412 e. The van der Waals surface area contributed by atoms with Crippen LogP contribution >= 0.6 is 0 Å². The quantitative estimate of drug-likeness (QED) is 0.234. The van der Waals surface area contributed by atoms with Crippen LogP contribution in [0.5, 0.6) is 0 Å². The molecular formula is H4CuNO5+. The van der Waals surface area contributed by atoms with Crippen molar-refractivity contribution >= 4 is 0 Å². The van der Waals surface area contributed by atoms with Gasteiger partial charge in [-0.3, -0.25) is 0 Å². The second-order valence-electron chi connectivity index (χ2n) is 0.224. The molecule has 4 N–H and O–H groups in total. The Morgan fingerprint density at radius 1 is 1.14 bits per heavy atom. The first-order valence-corrected chi connectivity index (χ1v) is 0.548. The molecule has 0 aliphatic heterocycles. The summed E-state index contributed by atoms with van der Waals surface area (Å²) < 4.78 is 0.